The molecule has 0 radical (unpaired) electrons. The second kappa shape index (κ2) is 5.74. The zero-order valence-corrected chi connectivity index (χ0v) is 13.0. The van der Waals surface area contributed by atoms with E-state index in [1.165, 1.54) is 0 Å². The van der Waals surface area contributed by atoms with Crippen molar-refractivity contribution in [3.8, 4) is 0 Å². The van der Waals surface area contributed by atoms with Crippen molar-refractivity contribution < 1.29 is 21.4 Å². The highest BCUT2D eigenvalue weighted by atomic mass is 35.5. The highest BCUT2D eigenvalue weighted by Gasteiger charge is 2.12. The van der Waals surface area contributed by atoms with Crippen LogP contribution in [0.3, 0.4) is 0 Å². The Balaban J connectivity index is 0.00000161. The van der Waals surface area contributed by atoms with Crippen LogP contribution in [-0.4, -0.2) is 4.57 Å². The highest BCUT2D eigenvalue weighted by Crippen LogP contribution is 2.23. The molecule has 0 bridgehead atoms. The lowest BCUT2D eigenvalue weighted by atomic mass is 10.0. The highest BCUT2D eigenvalue weighted by molar-refractivity contribution is 5.84. The molecule has 3 aromatic rings. The molecule has 0 saturated carbocycles. The first-order chi connectivity index (χ1) is 9.52. The molecule has 3 rings (SSSR count). The van der Waals surface area contributed by atoms with Crippen LogP contribution in [0, 0.1) is 13.8 Å². The molecule has 110 valence electrons. The predicted octanol–water partition coefficient (Wildman–Crippen LogP) is -0.912. The van der Waals surface area contributed by atoms with Gasteiger partial charge in [-0.25, -0.2) is 13.9 Å². The van der Waals surface area contributed by atoms with E-state index in [1.807, 2.05) is 47.9 Å². The molecule has 4 nitrogen and oxygen atoms in total. The molecule has 21 heavy (non-hydrogen) atoms. The largest absolute Gasteiger partial charge is 1.00 e. The summed E-state index contributed by atoms with van der Waals surface area (Å²) in [7, 11) is 1.97. The number of hydrogen-bond donors (Lipinski definition) is 0. The lowest BCUT2D eigenvalue weighted by Gasteiger charge is -2.07. The van der Waals surface area contributed by atoms with Gasteiger partial charge in [-0.2, -0.15) is 0 Å². The number of halogens is 1. The Labute approximate surface area is 129 Å². The van der Waals surface area contributed by atoms with Gasteiger partial charge in [-0.1, -0.05) is 6.07 Å². The summed E-state index contributed by atoms with van der Waals surface area (Å²) in [4.78, 5) is 11.7. The van der Waals surface area contributed by atoms with Crippen molar-refractivity contribution in [2.45, 2.75) is 20.4 Å². The zero-order chi connectivity index (χ0) is 14.3. The normalized spacial score (nSPS) is 10.6. The van der Waals surface area contributed by atoms with Gasteiger partial charge in [0.15, 0.2) is 0 Å². The van der Waals surface area contributed by atoms with E-state index >= 15 is 0 Å². The van der Waals surface area contributed by atoms with Crippen molar-refractivity contribution in [2.75, 3.05) is 0 Å². The topological polar surface area (TPSA) is 39.0 Å². The quantitative estimate of drug-likeness (QED) is 0.454. The van der Waals surface area contributed by atoms with Crippen molar-refractivity contribution in [2.24, 2.45) is 7.05 Å². The number of imidazole rings is 1. The molecule has 0 amide bonds. The van der Waals surface area contributed by atoms with E-state index in [1.54, 1.807) is 6.07 Å². The number of aromatic nitrogens is 2. The summed E-state index contributed by atoms with van der Waals surface area (Å²) in [5.41, 5.74) is 3.60. The molecule has 0 unspecified atom stereocenters. The van der Waals surface area contributed by atoms with Gasteiger partial charge in [-0.05, 0) is 31.0 Å². The Kier molecular flexibility index (Phi) is 4.19. The van der Waals surface area contributed by atoms with Gasteiger partial charge in [0, 0.05) is 17.0 Å². The maximum absolute atomic E-state index is 11.7. The second-order valence-corrected chi connectivity index (χ2v) is 5.30. The molecule has 0 saturated heterocycles. The molecule has 0 spiro atoms. The molecule has 0 N–H and O–H groups in total. The molecular weight excluding hydrogens is 288 g/mol. The van der Waals surface area contributed by atoms with E-state index in [4.69, 9.17) is 4.42 Å². The molecule has 5 heteroatoms. The Morgan fingerprint density at radius 1 is 1.24 bits per heavy atom. The van der Waals surface area contributed by atoms with Crippen molar-refractivity contribution in [1.82, 2.24) is 4.57 Å². The van der Waals surface area contributed by atoms with Crippen molar-refractivity contribution in [3.63, 3.8) is 0 Å². The van der Waals surface area contributed by atoms with Gasteiger partial charge in [0.25, 0.3) is 0 Å². The van der Waals surface area contributed by atoms with Crippen molar-refractivity contribution in [1.29, 1.82) is 0 Å². The number of nitrogens with zero attached hydrogens (tertiary/aromatic N) is 2. The van der Waals surface area contributed by atoms with Crippen LogP contribution in [0.5, 0.6) is 0 Å². The van der Waals surface area contributed by atoms with E-state index < -0.39 is 0 Å². The third kappa shape index (κ3) is 3.00. The van der Waals surface area contributed by atoms with Crippen LogP contribution in [0.15, 0.2) is 46.1 Å². The van der Waals surface area contributed by atoms with E-state index in [0.717, 1.165) is 22.1 Å². The third-order valence-electron chi connectivity index (χ3n) is 3.44. The van der Waals surface area contributed by atoms with Crippen LogP contribution >= 0.6 is 0 Å². The summed E-state index contributed by atoms with van der Waals surface area (Å²) in [6, 6.07) is 5.62. The molecule has 2 heterocycles. The minimum Gasteiger partial charge on any atom is -1.00 e. The molecule has 2 aromatic heterocycles. The van der Waals surface area contributed by atoms with Crippen LogP contribution in [0.4, 0.5) is 0 Å². The van der Waals surface area contributed by atoms with Gasteiger partial charge in [-0.15, -0.1) is 0 Å². The number of aryl methyl sites for hydroxylation is 3. The lowest BCUT2D eigenvalue weighted by molar-refractivity contribution is -0.671. The first-order valence-electron chi connectivity index (χ1n) is 6.58. The molecule has 1 aromatic carbocycles. The minimum atomic E-state index is -0.297. The fraction of sp³-hybridized carbons (Fsp3) is 0.250. The summed E-state index contributed by atoms with van der Waals surface area (Å²) >= 11 is 0. The van der Waals surface area contributed by atoms with Crippen LogP contribution < -0.4 is 22.6 Å². The molecule has 0 fully saturated rings. The maximum atomic E-state index is 11.7. The minimum absolute atomic E-state index is 0. The van der Waals surface area contributed by atoms with Gasteiger partial charge in [-0.3, -0.25) is 0 Å². The Morgan fingerprint density at radius 3 is 2.67 bits per heavy atom. The summed E-state index contributed by atoms with van der Waals surface area (Å²) in [5.74, 6) is 0. The zero-order valence-electron chi connectivity index (χ0n) is 12.3. The van der Waals surface area contributed by atoms with Crippen molar-refractivity contribution >= 4 is 11.0 Å². The van der Waals surface area contributed by atoms with Crippen LogP contribution in [0.2, 0.25) is 0 Å². The van der Waals surface area contributed by atoms with Gasteiger partial charge in [0.1, 0.15) is 24.5 Å². The molecule has 0 atom stereocenters. The van der Waals surface area contributed by atoms with Crippen LogP contribution in [0.25, 0.3) is 11.0 Å². The fourth-order valence-corrected chi connectivity index (χ4v) is 2.69. The average molecular weight is 305 g/mol. The lowest BCUT2D eigenvalue weighted by Crippen LogP contribution is -3.00. The van der Waals surface area contributed by atoms with Crippen molar-refractivity contribution in [3.05, 3.63) is 64.0 Å². The van der Waals surface area contributed by atoms with Gasteiger partial charge in [0.2, 0.25) is 6.33 Å². The monoisotopic (exact) mass is 304 g/mol. The number of rotatable bonds is 2. The molecule has 0 aliphatic heterocycles. The Hall–Kier alpha value is -2.07. The first-order valence-corrected chi connectivity index (χ1v) is 6.58. The predicted molar refractivity (Wildman–Crippen MR) is 76.7 cm³/mol. The molecule has 0 aliphatic carbocycles. The summed E-state index contributed by atoms with van der Waals surface area (Å²) in [6.07, 6.45) is 5.96. The van der Waals surface area contributed by atoms with E-state index in [2.05, 4.69) is 13.0 Å². The second-order valence-electron chi connectivity index (χ2n) is 5.30. The number of fused-ring (bicyclic) bond motifs is 1. The van der Waals surface area contributed by atoms with Crippen LogP contribution in [-0.2, 0) is 13.6 Å². The average Bonchev–Trinajstić information content (AvgIpc) is 2.72. The Bertz CT molecular complexity index is 849. The smallest absolute Gasteiger partial charge is 0.336 e. The summed E-state index contributed by atoms with van der Waals surface area (Å²) in [5, 5.41) is 1.03. The molecular formula is C16H17ClN2O2. The van der Waals surface area contributed by atoms with Gasteiger partial charge < -0.3 is 16.8 Å². The summed E-state index contributed by atoms with van der Waals surface area (Å²) < 4.78 is 9.36. The van der Waals surface area contributed by atoms with Gasteiger partial charge >= 0.3 is 5.63 Å². The van der Waals surface area contributed by atoms with Gasteiger partial charge in [0.05, 0.1) is 7.05 Å². The summed E-state index contributed by atoms with van der Waals surface area (Å²) in [6.45, 7) is 4.71. The third-order valence-corrected chi connectivity index (χ3v) is 3.44. The van der Waals surface area contributed by atoms with E-state index in [9.17, 15) is 4.79 Å². The maximum Gasteiger partial charge on any atom is 0.336 e. The Morgan fingerprint density at radius 2 is 2.00 bits per heavy atom. The van der Waals surface area contributed by atoms with E-state index in [0.29, 0.717) is 12.1 Å². The SMILES string of the molecule is Cc1cc(C)c2c(Cn3cc[n+](C)c3)cc(=O)oc2c1.[Cl-]. The molecule has 0 aliphatic rings. The van der Waals surface area contributed by atoms with E-state index in [-0.39, 0.29) is 18.0 Å². The fourth-order valence-electron chi connectivity index (χ4n) is 2.69. The first kappa shape index (κ1) is 15.3. The number of hydrogen-bond acceptors (Lipinski definition) is 2. The number of benzene rings is 1. The standard InChI is InChI=1S/C16H17N2O2.ClH/c1-11-6-12(2)16-13(8-15(19)20-14(16)7-11)9-18-5-4-17(3)10-18;/h4-8,10H,9H2,1-3H3;1H/q+1;/p-1. The van der Waals surface area contributed by atoms with Crippen LogP contribution in [0.1, 0.15) is 16.7 Å².